The molecule has 0 spiro atoms. The first kappa shape index (κ1) is 13.1. The van der Waals surface area contributed by atoms with Crippen molar-refractivity contribution < 1.29 is 4.79 Å². The van der Waals surface area contributed by atoms with Crippen LogP contribution in [0.15, 0.2) is 11.8 Å². The topological polar surface area (TPSA) is 41.1 Å². The van der Waals surface area contributed by atoms with Crippen molar-refractivity contribution >= 4 is 6.03 Å². The second kappa shape index (κ2) is 5.37. The predicted octanol–water partition coefficient (Wildman–Crippen LogP) is 3.18. The summed E-state index contributed by atoms with van der Waals surface area (Å²) in [5, 5.41) is 5.79. The maximum absolute atomic E-state index is 11.6. The van der Waals surface area contributed by atoms with E-state index in [1.165, 1.54) is 18.4 Å². The molecule has 1 saturated carbocycles. The SMILES string of the molecule is C/C(=C\NC(=O)NC1CCCC1)C(C)(C)C. The summed E-state index contributed by atoms with van der Waals surface area (Å²) in [6, 6.07) is 0.304. The summed E-state index contributed by atoms with van der Waals surface area (Å²) in [5.74, 6) is 0. The number of rotatable bonds is 2. The van der Waals surface area contributed by atoms with Crippen LogP contribution in [0, 0.1) is 5.41 Å². The number of nitrogens with one attached hydrogen (secondary N) is 2. The Bertz CT molecular complexity index is 270. The van der Waals surface area contributed by atoms with Crippen LogP contribution in [0.3, 0.4) is 0 Å². The molecule has 0 radical (unpaired) electrons. The molecule has 0 aromatic heterocycles. The lowest BCUT2D eigenvalue weighted by Crippen LogP contribution is -2.38. The van der Waals surface area contributed by atoms with Gasteiger partial charge >= 0.3 is 6.03 Å². The molecule has 0 atom stereocenters. The molecule has 2 N–H and O–H groups in total. The maximum Gasteiger partial charge on any atom is 0.318 e. The van der Waals surface area contributed by atoms with Gasteiger partial charge < -0.3 is 10.6 Å². The number of urea groups is 1. The third-order valence-electron chi connectivity index (χ3n) is 3.29. The molecule has 0 heterocycles. The molecule has 16 heavy (non-hydrogen) atoms. The highest BCUT2D eigenvalue weighted by atomic mass is 16.2. The fourth-order valence-corrected chi connectivity index (χ4v) is 1.69. The van der Waals surface area contributed by atoms with Crippen molar-refractivity contribution in [3.63, 3.8) is 0 Å². The van der Waals surface area contributed by atoms with Crippen LogP contribution >= 0.6 is 0 Å². The predicted molar refractivity (Wildman–Crippen MR) is 67.1 cm³/mol. The molecule has 1 aliphatic rings. The van der Waals surface area contributed by atoms with Crippen molar-refractivity contribution in [1.82, 2.24) is 10.6 Å². The molecular formula is C13H24N2O. The first-order valence-corrected chi connectivity index (χ1v) is 6.14. The number of carbonyl (C=O) groups is 1. The van der Waals surface area contributed by atoms with Crippen LogP contribution in [0.4, 0.5) is 4.79 Å². The smallest absolute Gasteiger partial charge is 0.318 e. The molecule has 0 saturated heterocycles. The second-order valence-electron chi connectivity index (χ2n) is 5.68. The lowest BCUT2D eigenvalue weighted by Gasteiger charge is -2.19. The van der Waals surface area contributed by atoms with Gasteiger partial charge in [0.2, 0.25) is 0 Å². The highest BCUT2D eigenvalue weighted by Gasteiger charge is 2.17. The van der Waals surface area contributed by atoms with Gasteiger partial charge in [-0.3, -0.25) is 0 Å². The summed E-state index contributed by atoms with van der Waals surface area (Å²) < 4.78 is 0. The molecule has 0 aromatic rings. The number of hydrogen-bond donors (Lipinski definition) is 2. The van der Waals surface area contributed by atoms with E-state index in [0.29, 0.717) is 6.04 Å². The van der Waals surface area contributed by atoms with Crippen molar-refractivity contribution in [3.8, 4) is 0 Å². The lowest BCUT2D eigenvalue weighted by atomic mass is 9.88. The van der Waals surface area contributed by atoms with Crippen LogP contribution in [-0.2, 0) is 0 Å². The maximum atomic E-state index is 11.6. The van der Waals surface area contributed by atoms with Gasteiger partial charge in [0.05, 0.1) is 0 Å². The van der Waals surface area contributed by atoms with E-state index in [1.807, 2.05) is 13.1 Å². The Hall–Kier alpha value is -0.990. The average Bonchev–Trinajstić information content (AvgIpc) is 2.65. The number of amides is 2. The Kier molecular flexibility index (Phi) is 4.39. The normalized spacial score (nSPS) is 18.6. The number of carbonyl (C=O) groups excluding carboxylic acids is 1. The standard InChI is InChI=1S/C13H24N2O/c1-10(13(2,3)4)9-14-12(16)15-11-7-5-6-8-11/h9,11H,5-8H2,1-4H3,(H2,14,15,16)/b10-9+. The molecule has 1 fully saturated rings. The monoisotopic (exact) mass is 224 g/mol. The first-order chi connectivity index (χ1) is 7.39. The molecule has 0 bridgehead atoms. The van der Waals surface area contributed by atoms with Crippen LogP contribution in [0.25, 0.3) is 0 Å². The Balaban J connectivity index is 2.34. The van der Waals surface area contributed by atoms with E-state index in [2.05, 4.69) is 31.4 Å². The van der Waals surface area contributed by atoms with Crippen molar-refractivity contribution in [2.45, 2.75) is 59.4 Å². The van der Waals surface area contributed by atoms with E-state index >= 15 is 0 Å². The third kappa shape index (κ3) is 4.25. The van der Waals surface area contributed by atoms with Gasteiger partial charge in [-0.2, -0.15) is 0 Å². The van der Waals surface area contributed by atoms with Crippen LogP contribution in [0.2, 0.25) is 0 Å². The molecule has 0 aromatic carbocycles. The molecule has 3 heteroatoms. The van der Waals surface area contributed by atoms with Gasteiger partial charge in [0, 0.05) is 12.2 Å². The van der Waals surface area contributed by atoms with Crippen LogP contribution in [0.5, 0.6) is 0 Å². The second-order valence-corrected chi connectivity index (χ2v) is 5.68. The summed E-state index contributed by atoms with van der Waals surface area (Å²) in [5.41, 5.74) is 1.29. The summed E-state index contributed by atoms with van der Waals surface area (Å²) in [6.45, 7) is 8.44. The molecule has 0 aliphatic heterocycles. The molecule has 2 amide bonds. The van der Waals surface area contributed by atoms with Gasteiger partial charge in [-0.25, -0.2) is 4.79 Å². The first-order valence-electron chi connectivity index (χ1n) is 6.14. The zero-order chi connectivity index (χ0) is 12.2. The van der Waals surface area contributed by atoms with Crippen molar-refractivity contribution in [2.24, 2.45) is 5.41 Å². The van der Waals surface area contributed by atoms with E-state index in [1.54, 1.807) is 0 Å². The fourth-order valence-electron chi connectivity index (χ4n) is 1.69. The largest absolute Gasteiger partial charge is 0.335 e. The minimum absolute atomic E-state index is 0.0736. The molecule has 0 unspecified atom stereocenters. The van der Waals surface area contributed by atoms with Gasteiger partial charge in [0.15, 0.2) is 0 Å². The van der Waals surface area contributed by atoms with Crippen molar-refractivity contribution in [2.75, 3.05) is 0 Å². The molecule has 1 rings (SSSR count). The highest BCUT2D eigenvalue weighted by Crippen LogP contribution is 2.23. The van der Waals surface area contributed by atoms with Crippen molar-refractivity contribution in [1.29, 1.82) is 0 Å². The molecule has 3 nitrogen and oxygen atoms in total. The van der Waals surface area contributed by atoms with E-state index in [0.717, 1.165) is 12.8 Å². The zero-order valence-corrected chi connectivity index (χ0v) is 10.9. The van der Waals surface area contributed by atoms with E-state index in [4.69, 9.17) is 0 Å². The van der Waals surface area contributed by atoms with Gasteiger partial charge in [0.1, 0.15) is 0 Å². The minimum Gasteiger partial charge on any atom is -0.335 e. The van der Waals surface area contributed by atoms with E-state index < -0.39 is 0 Å². The van der Waals surface area contributed by atoms with Gasteiger partial charge in [-0.05, 0) is 25.2 Å². The Morgan fingerprint density at radius 2 is 1.81 bits per heavy atom. The van der Waals surface area contributed by atoms with Gasteiger partial charge in [-0.15, -0.1) is 0 Å². The summed E-state index contributed by atoms with van der Waals surface area (Å²) in [4.78, 5) is 11.6. The summed E-state index contributed by atoms with van der Waals surface area (Å²) in [7, 11) is 0. The fraction of sp³-hybridized carbons (Fsp3) is 0.769. The molecule has 1 aliphatic carbocycles. The van der Waals surface area contributed by atoms with Crippen molar-refractivity contribution in [3.05, 3.63) is 11.8 Å². The number of allylic oxidation sites excluding steroid dienone is 1. The Morgan fingerprint density at radius 1 is 1.25 bits per heavy atom. The Morgan fingerprint density at radius 3 is 2.31 bits per heavy atom. The summed E-state index contributed by atoms with van der Waals surface area (Å²) >= 11 is 0. The Labute approximate surface area is 98.7 Å². The quantitative estimate of drug-likeness (QED) is 0.743. The van der Waals surface area contributed by atoms with Crippen LogP contribution in [0.1, 0.15) is 53.4 Å². The number of hydrogen-bond acceptors (Lipinski definition) is 1. The van der Waals surface area contributed by atoms with Gasteiger partial charge in [-0.1, -0.05) is 39.2 Å². The van der Waals surface area contributed by atoms with Crippen LogP contribution in [-0.4, -0.2) is 12.1 Å². The van der Waals surface area contributed by atoms with E-state index in [-0.39, 0.29) is 11.4 Å². The van der Waals surface area contributed by atoms with Crippen LogP contribution < -0.4 is 10.6 Å². The minimum atomic E-state index is -0.0736. The van der Waals surface area contributed by atoms with Gasteiger partial charge in [0.25, 0.3) is 0 Å². The zero-order valence-electron chi connectivity index (χ0n) is 10.9. The average molecular weight is 224 g/mol. The summed E-state index contributed by atoms with van der Waals surface area (Å²) in [6.07, 6.45) is 6.53. The lowest BCUT2D eigenvalue weighted by molar-refractivity contribution is 0.240. The third-order valence-corrected chi connectivity index (χ3v) is 3.29. The molecular weight excluding hydrogens is 200 g/mol. The molecule has 92 valence electrons. The van der Waals surface area contributed by atoms with E-state index in [9.17, 15) is 4.79 Å². The highest BCUT2D eigenvalue weighted by molar-refractivity contribution is 5.75.